The zero-order chi connectivity index (χ0) is 16.5. The van der Waals surface area contributed by atoms with Crippen LogP contribution in [0.5, 0.6) is 0 Å². The van der Waals surface area contributed by atoms with E-state index < -0.39 is 17.7 Å². The smallest absolute Gasteiger partial charge is 0.330 e. The van der Waals surface area contributed by atoms with Crippen molar-refractivity contribution in [2.24, 2.45) is 5.73 Å². The van der Waals surface area contributed by atoms with Crippen LogP contribution in [-0.2, 0) is 12.6 Å². The van der Waals surface area contributed by atoms with E-state index in [1.807, 2.05) is 0 Å². The number of rotatable bonds is 3. The molecule has 0 heterocycles. The molecule has 0 amide bonds. The normalized spacial score (nSPS) is 19.4. The van der Waals surface area contributed by atoms with Gasteiger partial charge in [0.25, 0.3) is 0 Å². The van der Waals surface area contributed by atoms with Crippen LogP contribution < -0.4 is 5.73 Å². The molecule has 7 heteroatoms. The summed E-state index contributed by atoms with van der Waals surface area (Å²) in [5, 5.41) is 0.799. The highest BCUT2D eigenvalue weighted by Gasteiger charge is 2.38. The first-order chi connectivity index (χ1) is 10.3. The van der Waals surface area contributed by atoms with E-state index in [0.717, 1.165) is 0 Å². The van der Waals surface area contributed by atoms with Gasteiger partial charge < -0.3 is 5.73 Å². The van der Waals surface area contributed by atoms with E-state index in [1.165, 1.54) is 18.2 Å². The first-order valence-electron chi connectivity index (χ1n) is 6.56. The Balaban J connectivity index is 2.57. The maximum absolute atomic E-state index is 13.5. The summed E-state index contributed by atoms with van der Waals surface area (Å²) in [6.45, 7) is 0.132. The molecular weight excluding hydrogens is 358 g/mol. The molecule has 1 atom stereocenters. The summed E-state index contributed by atoms with van der Waals surface area (Å²) in [5.74, 6) is -0.661. The highest BCUT2D eigenvalue weighted by molar-refractivity contribution is 6.42. The van der Waals surface area contributed by atoms with E-state index in [-0.39, 0.29) is 40.6 Å². The van der Waals surface area contributed by atoms with Gasteiger partial charge in [-0.3, -0.25) is 0 Å². The maximum atomic E-state index is 13.5. The fraction of sp³-hybridized carbons (Fsp3) is 0.333. The van der Waals surface area contributed by atoms with Gasteiger partial charge in [-0.05, 0) is 36.6 Å². The minimum atomic E-state index is -4.49. The number of benzene rings is 1. The van der Waals surface area contributed by atoms with Crippen LogP contribution in [-0.4, -0.2) is 6.54 Å². The fourth-order valence-electron chi connectivity index (χ4n) is 2.55. The molecule has 0 aliphatic heterocycles. The lowest BCUT2D eigenvalue weighted by Crippen LogP contribution is -2.18. The Morgan fingerprint density at radius 2 is 1.86 bits per heavy atom. The van der Waals surface area contributed by atoms with E-state index in [2.05, 4.69) is 0 Å². The minimum Gasteiger partial charge on any atom is -0.330 e. The van der Waals surface area contributed by atoms with Gasteiger partial charge in [0.2, 0.25) is 0 Å². The molecule has 1 aliphatic carbocycles. The van der Waals surface area contributed by atoms with Crippen LogP contribution in [0.15, 0.2) is 39.4 Å². The van der Waals surface area contributed by atoms with E-state index in [0.29, 0.717) is 5.03 Å². The van der Waals surface area contributed by atoms with Gasteiger partial charge in [-0.25, -0.2) is 0 Å². The lowest BCUT2D eigenvalue weighted by Gasteiger charge is -2.26. The van der Waals surface area contributed by atoms with E-state index in [1.54, 1.807) is 6.07 Å². The van der Waals surface area contributed by atoms with Crippen LogP contribution in [0.25, 0.3) is 0 Å². The number of alkyl halides is 3. The Morgan fingerprint density at radius 1 is 1.18 bits per heavy atom. The summed E-state index contributed by atoms with van der Waals surface area (Å²) in [6, 6.07) is 4.44. The maximum Gasteiger partial charge on any atom is 0.416 e. The standard InChI is InChI=1S/C15H13Cl3F3N/c16-11-7-13(18)12(17)6-10(11)9-3-1-2-8(4-5-22)14(9)15(19,20)21/h1-3,7,10H,4-6,22H2. The van der Waals surface area contributed by atoms with Crippen molar-refractivity contribution in [3.63, 3.8) is 0 Å². The molecule has 1 aromatic carbocycles. The third kappa shape index (κ3) is 3.62. The van der Waals surface area contributed by atoms with Gasteiger partial charge in [0, 0.05) is 16.0 Å². The van der Waals surface area contributed by atoms with Crippen LogP contribution in [0.2, 0.25) is 0 Å². The number of hydrogen-bond donors (Lipinski definition) is 1. The van der Waals surface area contributed by atoms with Crippen molar-refractivity contribution in [3.05, 3.63) is 56.1 Å². The summed E-state index contributed by atoms with van der Waals surface area (Å²) >= 11 is 18.0. The van der Waals surface area contributed by atoms with Gasteiger partial charge in [-0.1, -0.05) is 53.0 Å². The summed E-state index contributed by atoms with van der Waals surface area (Å²) in [6.07, 6.45) is -2.81. The Bertz CT molecular complexity index is 635. The third-order valence-corrected chi connectivity index (χ3v) is 4.66. The molecule has 1 unspecified atom stereocenters. The zero-order valence-electron chi connectivity index (χ0n) is 11.4. The Kier molecular flexibility index (Phi) is 5.49. The first kappa shape index (κ1) is 17.7. The topological polar surface area (TPSA) is 26.0 Å². The number of allylic oxidation sites excluding steroid dienone is 4. The lowest BCUT2D eigenvalue weighted by atomic mass is 9.85. The predicted octanol–water partition coefficient (Wildman–Crippen LogP) is 5.51. The molecule has 2 N–H and O–H groups in total. The fourth-order valence-corrected chi connectivity index (χ4v) is 3.32. The second-order valence-electron chi connectivity index (χ2n) is 4.96. The molecule has 0 radical (unpaired) electrons. The van der Waals surface area contributed by atoms with E-state index in [4.69, 9.17) is 40.5 Å². The average Bonchev–Trinajstić information content (AvgIpc) is 2.42. The SMILES string of the molecule is NCCc1cccc(C2CC(Cl)=C(Cl)C=C2Cl)c1C(F)(F)F. The Hall–Kier alpha value is -0.680. The first-order valence-corrected chi connectivity index (χ1v) is 7.69. The van der Waals surface area contributed by atoms with Crippen molar-refractivity contribution in [1.29, 1.82) is 0 Å². The third-order valence-electron chi connectivity index (χ3n) is 3.50. The van der Waals surface area contributed by atoms with E-state index in [9.17, 15) is 13.2 Å². The zero-order valence-corrected chi connectivity index (χ0v) is 13.6. The second kappa shape index (κ2) is 6.83. The van der Waals surface area contributed by atoms with Crippen molar-refractivity contribution in [2.75, 3.05) is 6.54 Å². The monoisotopic (exact) mass is 369 g/mol. The predicted molar refractivity (Wildman–Crippen MR) is 84.2 cm³/mol. The molecule has 0 saturated heterocycles. The molecular formula is C15H13Cl3F3N. The second-order valence-corrected chi connectivity index (χ2v) is 6.26. The largest absolute Gasteiger partial charge is 0.416 e. The number of halogens is 6. The molecule has 0 spiro atoms. The number of nitrogens with two attached hydrogens (primary N) is 1. The lowest BCUT2D eigenvalue weighted by molar-refractivity contribution is -0.138. The molecule has 0 bridgehead atoms. The minimum absolute atomic E-state index is 0.0991. The van der Waals surface area contributed by atoms with Gasteiger partial charge in [0.05, 0.1) is 10.6 Å². The summed E-state index contributed by atoms with van der Waals surface area (Å²) < 4.78 is 40.5. The van der Waals surface area contributed by atoms with Crippen molar-refractivity contribution < 1.29 is 13.2 Å². The van der Waals surface area contributed by atoms with E-state index >= 15 is 0 Å². The van der Waals surface area contributed by atoms with Crippen molar-refractivity contribution in [3.8, 4) is 0 Å². The van der Waals surface area contributed by atoms with Crippen LogP contribution >= 0.6 is 34.8 Å². The molecule has 120 valence electrons. The Morgan fingerprint density at radius 3 is 2.45 bits per heavy atom. The molecule has 22 heavy (non-hydrogen) atoms. The number of hydrogen-bond acceptors (Lipinski definition) is 1. The van der Waals surface area contributed by atoms with Crippen molar-refractivity contribution >= 4 is 34.8 Å². The highest BCUT2D eigenvalue weighted by atomic mass is 35.5. The van der Waals surface area contributed by atoms with Crippen LogP contribution in [0.4, 0.5) is 13.2 Å². The molecule has 0 aromatic heterocycles. The van der Waals surface area contributed by atoms with Crippen molar-refractivity contribution in [2.45, 2.75) is 24.9 Å². The Labute approximate surface area is 141 Å². The molecule has 2 rings (SSSR count). The van der Waals surface area contributed by atoms with Gasteiger partial charge in [0.1, 0.15) is 0 Å². The van der Waals surface area contributed by atoms with Gasteiger partial charge in [-0.15, -0.1) is 0 Å². The van der Waals surface area contributed by atoms with Gasteiger partial charge in [-0.2, -0.15) is 13.2 Å². The van der Waals surface area contributed by atoms with Crippen LogP contribution in [0.3, 0.4) is 0 Å². The quantitative estimate of drug-likeness (QED) is 0.746. The average molecular weight is 371 g/mol. The molecule has 1 nitrogen and oxygen atoms in total. The summed E-state index contributed by atoms with van der Waals surface area (Å²) in [5.41, 5.74) is 5.00. The summed E-state index contributed by atoms with van der Waals surface area (Å²) in [7, 11) is 0. The molecule has 0 saturated carbocycles. The summed E-state index contributed by atoms with van der Waals surface area (Å²) in [4.78, 5) is 0. The highest BCUT2D eigenvalue weighted by Crippen LogP contribution is 2.46. The molecule has 1 aromatic rings. The van der Waals surface area contributed by atoms with Crippen LogP contribution in [0.1, 0.15) is 29.0 Å². The van der Waals surface area contributed by atoms with Crippen LogP contribution in [0, 0.1) is 0 Å². The molecule has 1 aliphatic rings. The molecule has 0 fully saturated rings. The van der Waals surface area contributed by atoms with Gasteiger partial charge >= 0.3 is 6.18 Å². The van der Waals surface area contributed by atoms with Crippen molar-refractivity contribution in [1.82, 2.24) is 0 Å². The van der Waals surface area contributed by atoms with Gasteiger partial charge in [0.15, 0.2) is 0 Å².